The number of carbonyl (C=O) groups is 1. The third kappa shape index (κ3) is 6.95. The number of halogens is 1. The van der Waals surface area contributed by atoms with Gasteiger partial charge >= 0.3 is 0 Å². The minimum Gasteiger partial charge on any atom is -0.493 e. The molecule has 3 aromatic rings. The van der Waals surface area contributed by atoms with Crippen LogP contribution in [0, 0.1) is 21.8 Å². The standard InChI is InChI=1S/C25H22IN3O4/c1-17-7-9-21(10-8-17)29-24(30)16-32-25-22(26)11-18(12-23(25)31-2)14-28-33-15-20-6-4-3-5-19(20)13-27/h3-12,14H,15-16H2,1-2H3,(H,29,30)/b28-14-. The van der Waals surface area contributed by atoms with E-state index in [-0.39, 0.29) is 19.1 Å². The second-order valence-corrected chi connectivity index (χ2v) is 8.18. The molecule has 0 aromatic heterocycles. The van der Waals surface area contributed by atoms with Crippen molar-refractivity contribution in [3.63, 3.8) is 0 Å². The first-order valence-electron chi connectivity index (χ1n) is 10.0. The van der Waals surface area contributed by atoms with Gasteiger partial charge in [-0.15, -0.1) is 0 Å². The van der Waals surface area contributed by atoms with Gasteiger partial charge in [0, 0.05) is 16.8 Å². The topological polar surface area (TPSA) is 92.9 Å². The molecule has 0 spiro atoms. The van der Waals surface area contributed by atoms with E-state index in [4.69, 9.17) is 19.6 Å². The van der Waals surface area contributed by atoms with E-state index in [0.29, 0.717) is 22.7 Å². The van der Waals surface area contributed by atoms with Crippen molar-refractivity contribution >= 4 is 40.4 Å². The highest BCUT2D eigenvalue weighted by Gasteiger charge is 2.13. The van der Waals surface area contributed by atoms with E-state index in [9.17, 15) is 4.79 Å². The summed E-state index contributed by atoms with van der Waals surface area (Å²) in [4.78, 5) is 17.6. The van der Waals surface area contributed by atoms with Crippen LogP contribution in [-0.4, -0.2) is 25.8 Å². The highest BCUT2D eigenvalue weighted by Crippen LogP contribution is 2.33. The molecule has 1 N–H and O–H groups in total. The molecule has 168 valence electrons. The molecule has 0 bridgehead atoms. The number of rotatable bonds is 9. The molecule has 8 heteroatoms. The van der Waals surface area contributed by atoms with Crippen molar-refractivity contribution in [3.05, 3.63) is 86.5 Å². The molecule has 0 unspecified atom stereocenters. The van der Waals surface area contributed by atoms with Crippen LogP contribution in [0.15, 0.2) is 65.8 Å². The fourth-order valence-electron chi connectivity index (χ4n) is 2.89. The van der Waals surface area contributed by atoms with E-state index in [2.05, 4.69) is 39.1 Å². The first-order valence-corrected chi connectivity index (χ1v) is 11.1. The Morgan fingerprint density at radius 2 is 1.94 bits per heavy atom. The quantitative estimate of drug-likeness (QED) is 0.227. The molecule has 3 aromatic carbocycles. The molecule has 0 aliphatic heterocycles. The van der Waals surface area contributed by atoms with Crippen LogP contribution in [0.25, 0.3) is 0 Å². The normalized spacial score (nSPS) is 10.5. The molecule has 0 radical (unpaired) electrons. The van der Waals surface area contributed by atoms with Gasteiger partial charge in [-0.2, -0.15) is 5.26 Å². The SMILES string of the molecule is COc1cc(/C=N\OCc2ccccc2C#N)cc(I)c1OCC(=O)Nc1ccc(C)cc1. The second-order valence-electron chi connectivity index (χ2n) is 7.01. The van der Waals surface area contributed by atoms with E-state index >= 15 is 0 Å². The average Bonchev–Trinajstić information content (AvgIpc) is 2.82. The summed E-state index contributed by atoms with van der Waals surface area (Å²) >= 11 is 2.11. The molecule has 0 atom stereocenters. The Morgan fingerprint density at radius 3 is 2.67 bits per heavy atom. The van der Waals surface area contributed by atoms with Crippen LogP contribution in [0.4, 0.5) is 5.69 Å². The van der Waals surface area contributed by atoms with Gasteiger partial charge in [0.2, 0.25) is 0 Å². The Balaban J connectivity index is 1.60. The van der Waals surface area contributed by atoms with Gasteiger partial charge in [-0.3, -0.25) is 4.79 Å². The first kappa shape index (κ1) is 24.1. The lowest BCUT2D eigenvalue weighted by Crippen LogP contribution is -2.20. The van der Waals surface area contributed by atoms with Crippen LogP contribution in [0.3, 0.4) is 0 Å². The second kappa shape index (κ2) is 11.9. The Bertz CT molecular complexity index is 1190. The maximum Gasteiger partial charge on any atom is 0.262 e. The number of benzene rings is 3. The Kier molecular flexibility index (Phi) is 8.66. The molecule has 3 rings (SSSR count). The Morgan fingerprint density at radius 1 is 1.18 bits per heavy atom. The number of nitrogens with zero attached hydrogens (tertiary/aromatic N) is 2. The fourth-order valence-corrected chi connectivity index (χ4v) is 3.67. The molecule has 0 saturated heterocycles. The van der Waals surface area contributed by atoms with Crippen molar-refractivity contribution < 1.29 is 19.1 Å². The zero-order chi connectivity index (χ0) is 23.6. The molecule has 0 fully saturated rings. The number of oxime groups is 1. The van der Waals surface area contributed by atoms with Crippen LogP contribution >= 0.6 is 22.6 Å². The minimum absolute atomic E-state index is 0.158. The molecular formula is C25H22IN3O4. The van der Waals surface area contributed by atoms with Crippen molar-refractivity contribution in [2.75, 3.05) is 19.0 Å². The lowest BCUT2D eigenvalue weighted by atomic mass is 10.1. The van der Waals surface area contributed by atoms with Gasteiger partial charge in [-0.25, -0.2) is 0 Å². The maximum absolute atomic E-state index is 12.2. The van der Waals surface area contributed by atoms with Crippen LogP contribution in [-0.2, 0) is 16.2 Å². The monoisotopic (exact) mass is 555 g/mol. The van der Waals surface area contributed by atoms with Crippen LogP contribution < -0.4 is 14.8 Å². The van der Waals surface area contributed by atoms with Crippen molar-refractivity contribution in [2.45, 2.75) is 13.5 Å². The van der Waals surface area contributed by atoms with E-state index in [1.807, 2.05) is 49.4 Å². The number of ether oxygens (including phenoxy) is 2. The zero-order valence-electron chi connectivity index (χ0n) is 18.2. The molecular weight excluding hydrogens is 533 g/mol. The summed E-state index contributed by atoms with van der Waals surface area (Å²) in [7, 11) is 1.53. The summed E-state index contributed by atoms with van der Waals surface area (Å²) in [5.41, 5.74) is 3.87. The molecule has 33 heavy (non-hydrogen) atoms. The van der Waals surface area contributed by atoms with E-state index < -0.39 is 0 Å². The molecule has 0 heterocycles. The summed E-state index contributed by atoms with van der Waals surface area (Å²) < 4.78 is 11.9. The summed E-state index contributed by atoms with van der Waals surface area (Å²) in [5, 5.41) is 15.9. The van der Waals surface area contributed by atoms with Gasteiger partial charge in [0.25, 0.3) is 5.91 Å². The van der Waals surface area contributed by atoms with Crippen molar-refractivity contribution in [1.29, 1.82) is 5.26 Å². The van der Waals surface area contributed by atoms with Crippen LogP contribution in [0.2, 0.25) is 0 Å². The van der Waals surface area contributed by atoms with Gasteiger partial charge in [0.05, 0.1) is 28.5 Å². The van der Waals surface area contributed by atoms with Gasteiger partial charge in [0.1, 0.15) is 6.61 Å². The van der Waals surface area contributed by atoms with Gasteiger partial charge < -0.3 is 19.6 Å². The van der Waals surface area contributed by atoms with Crippen LogP contribution in [0.5, 0.6) is 11.5 Å². The number of amides is 1. The number of carbonyl (C=O) groups excluding carboxylic acids is 1. The summed E-state index contributed by atoms with van der Waals surface area (Å²) in [6, 6.07) is 20.4. The highest BCUT2D eigenvalue weighted by molar-refractivity contribution is 14.1. The van der Waals surface area contributed by atoms with Gasteiger partial charge in [-0.1, -0.05) is 41.1 Å². The van der Waals surface area contributed by atoms with Gasteiger partial charge in [-0.05, 0) is 59.8 Å². The van der Waals surface area contributed by atoms with Crippen molar-refractivity contribution in [3.8, 4) is 17.6 Å². The average molecular weight is 555 g/mol. The molecule has 0 saturated carbocycles. The van der Waals surface area contributed by atoms with Crippen LogP contribution in [0.1, 0.15) is 22.3 Å². The lowest BCUT2D eigenvalue weighted by molar-refractivity contribution is -0.118. The van der Waals surface area contributed by atoms with E-state index in [1.54, 1.807) is 24.4 Å². The lowest BCUT2D eigenvalue weighted by Gasteiger charge is -2.13. The Labute approximate surface area is 206 Å². The first-order chi connectivity index (χ1) is 16.0. The Hall–Kier alpha value is -3.58. The minimum atomic E-state index is -0.270. The fraction of sp³-hybridized carbons (Fsp3) is 0.160. The number of nitrogens with one attached hydrogen (secondary N) is 1. The number of hydrogen-bond acceptors (Lipinski definition) is 6. The summed E-state index contributed by atoms with van der Waals surface area (Å²) in [6.45, 7) is 2.01. The number of anilines is 1. The van der Waals surface area contributed by atoms with Crippen molar-refractivity contribution in [1.82, 2.24) is 0 Å². The number of nitriles is 1. The number of methoxy groups -OCH3 is 1. The highest BCUT2D eigenvalue weighted by atomic mass is 127. The van der Waals surface area contributed by atoms with Crippen molar-refractivity contribution in [2.24, 2.45) is 5.16 Å². The van der Waals surface area contributed by atoms with Gasteiger partial charge in [0.15, 0.2) is 18.1 Å². The maximum atomic E-state index is 12.2. The third-order valence-electron chi connectivity index (χ3n) is 4.57. The summed E-state index contributed by atoms with van der Waals surface area (Å²) in [5.74, 6) is 0.674. The number of aryl methyl sites for hydroxylation is 1. The molecule has 7 nitrogen and oxygen atoms in total. The molecule has 0 aliphatic carbocycles. The smallest absolute Gasteiger partial charge is 0.262 e. The number of hydrogen-bond donors (Lipinski definition) is 1. The zero-order valence-corrected chi connectivity index (χ0v) is 20.3. The predicted octanol–water partition coefficient (Wildman–Crippen LogP) is 5.05. The summed E-state index contributed by atoms with van der Waals surface area (Å²) in [6.07, 6.45) is 1.55. The third-order valence-corrected chi connectivity index (χ3v) is 5.37. The van der Waals surface area contributed by atoms with E-state index in [0.717, 1.165) is 20.3 Å². The molecule has 0 aliphatic rings. The largest absolute Gasteiger partial charge is 0.493 e. The molecule has 1 amide bonds. The van der Waals surface area contributed by atoms with E-state index in [1.165, 1.54) is 7.11 Å². The predicted molar refractivity (Wildman–Crippen MR) is 135 cm³/mol.